The van der Waals surface area contributed by atoms with E-state index in [1.807, 2.05) is 42.5 Å². The minimum absolute atomic E-state index is 0.0147. The molecule has 1 heterocycles. The third kappa shape index (κ3) is 9.05. The van der Waals surface area contributed by atoms with E-state index in [0.717, 1.165) is 17.8 Å². The Balaban J connectivity index is 1.26. The number of hydrogen-bond donors (Lipinski definition) is 1. The lowest BCUT2D eigenvalue weighted by Crippen LogP contribution is -2.51. The van der Waals surface area contributed by atoms with Gasteiger partial charge in [0.2, 0.25) is 0 Å². The van der Waals surface area contributed by atoms with Gasteiger partial charge in [0.05, 0.1) is 24.7 Å². The van der Waals surface area contributed by atoms with Gasteiger partial charge in [-0.25, -0.2) is 9.59 Å². The molecule has 4 aromatic carbocycles. The third-order valence-corrected chi connectivity index (χ3v) is 9.24. The molecule has 4 aromatic rings. The van der Waals surface area contributed by atoms with Gasteiger partial charge in [-0.3, -0.25) is 9.59 Å². The van der Waals surface area contributed by atoms with Gasteiger partial charge in [0.25, 0.3) is 5.91 Å². The fourth-order valence-electron chi connectivity index (χ4n) is 6.45. The number of carbonyl (C=O) groups excluding carboxylic acids is 4. The van der Waals surface area contributed by atoms with Gasteiger partial charge < -0.3 is 24.4 Å². The molecule has 1 aliphatic heterocycles. The Morgan fingerprint density at radius 3 is 1.91 bits per heavy atom. The van der Waals surface area contributed by atoms with Crippen molar-refractivity contribution in [1.82, 2.24) is 0 Å². The molecule has 9 nitrogen and oxygen atoms in total. The monoisotopic (exact) mass is 730 g/mol. The molecular weight excluding hydrogens is 689 g/mol. The van der Waals surface area contributed by atoms with Crippen LogP contribution in [0.1, 0.15) is 61.0 Å². The molecule has 53 heavy (non-hydrogen) atoms. The molecule has 278 valence electrons. The number of carbonyl (C=O) groups is 4. The Hall–Kier alpha value is -5.65. The van der Waals surface area contributed by atoms with E-state index in [2.05, 4.69) is 10.2 Å². The Morgan fingerprint density at radius 1 is 0.774 bits per heavy atom. The molecule has 1 N–H and O–H groups in total. The van der Waals surface area contributed by atoms with Crippen molar-refractivity contribution in [1.29, 1.82) is 0 Å². The lowest BCUT2D eigenvalue weighted by atomic mass is 9.79. The standard InChI is InChI=1S/C41H41F3N2O7/c1-4-51-38(49)40(3,39(50)52-5-2)53-37(48)35(28-11-7-6-8-12-28)29-23-25-46(26-24-29)32-21-19-31(20-22-32)45-36(47)34-14-10-9-13-33(34)27-15-17-30(18-16-27)41(42,43)44/h6-22,29,35H,4-5,23-26H2,1-3H3,(H,45,47). The second-order valence-electron chi connectivity index (χ2n) is 12.7. The van der Waals surface area contributed by atoms with Crippen LogP contribution in [0.15, 0.2) is 103 Å². The largest absolute Gasteiger partial charge is 0.463 e. The zero-order valence-corrected chi connectivity index (χ0v) is 29.7. The number of piperidine rings is 1. The molecule has 0 radical (unpaired) electrons. The number of nitrogens with one attached hydrogen (secondary N) is 1. The van der Waals surface area contributed by atoms with E-state index in [1.54, 1.807) is 50.2 Å². The highest BCUT2D eigenvalue weighted by Crippen LogP contribution is 2.37. The summed E-state index contributed by atoms with van der Waals surface area (Å²) in [5, 5.41) is 2.88. The van der Waals surface area contributed by atoms with Crippen molar-refractivity contribution >= 4 is 35.2 Å². The number of amides is 1. The van der Waals surface area contributed by atoms with E-state index in [-0.39, 0.29) is 19.1 Å². The average Bonchev–Trinajstić information content (AvgIpc) is 3.16. The second-order valence-corrected chi connectivity index (χ2v) is 12.7. The lowest BCUT2D eigenvalue weighted by Gasteiger charge is -2.37. The van der Waals surface area contributed by atoms with Gasteiger partial charge in [-0.2, -0.15) is 13.2 Å². The minimum atomic E-state index is -4.46. The maximum atomic E-state index is 13.9. The van der Waals surface area contributed by atoms with Crippen LogP contribution in [0.4, 0.5) is 24.5 Å². The second kappa shape index (κ2) is 16.8. The number of nitrogens with zero attached hydrogens (tertiary/aromatic N) is 1. The summed E-state index contributed by atoms with van der Waals surface area (Å²) >= 11 is 0. The van der Waals surface area contributed by atoms with Crippen LogP contribution < -0.4 is 10.2 Å². The number of hydrogen-bond acceptors (Lipinski definition) is 8. The van der Waals surface area contributed by atoms with Crippen LogP contribution in [0.3, 0.4) is 0 Å². The van der Waals surface area contributed by atoms with Crippen LogP contribution >= 0.6 is 0 Å². The van der Waals surface area contributed by atoms with Gasteiger partial charge in [0, 0.05) is 30.0 Å². The smallest absolute Gasteiger partial charge is 0.416 e. The predicted molar refractivity (Wildman–Crippen MR) is 193 cm³/mol. The molecule has 1 fully saturated rings. The first-order valence-corrected chi connectivity index (χ1v) is 17.4. The number of ether oxygens (including phenoxy) is 3. The SMILES string of the molecule is CCOC(=O)C(C)(OC(=O)C(c1ccccc1)C1CCN(c2ccc(NC(=O)c3ccccc3-c3ccc(C(F)(F)F)cc3)cc2)CC1)C(=O)OCC. The van der Waals surface area contributed by atoms with E-state index in [9.17, 15) is 32.3 Å². The van der Waals surface area contributed by atoms with Crippen molar-refractivity contribution in [2.24, 2.45) is 5.92 Å². The number of halogens is 3. The molecule has 1 aliphatic rings. The topological polar surface area (TPSA) is 111 Å². The van der Waals surface area contributed by atoms with Crippen molar-refractivity contribution in [2.75, 3.05) is 36.5 Å². The summed E-state index contributed by atoms with van der Waals surface area (Å²) in [7, 11) is 0. The van der Waals surface area contributed by atoms with Gasteiger partial charge in [-0.1, -0.05) is 60.7 Å². The van der Waals surface area contributed by atoms with Crippen molar-refractivity contribution in [3.63, 3.8) is 0 Å². The van der Waals surface area contributed by atoms with Gasteiger partial charge in [-0.05, 0) is 98.7 Å². The molecule has 0 saturated carbocycles. The highest BCUT2D eigenvalue weighted by molar-refractivity contribution is 6.09. The van der Waals surface area contributed by atoms with E-state index in [0.29, 0.717) is 53.9 Å². The van der Waals surface area contributed by atoms with Crippen LogP contribution in [0, 0.1) is 5.92 Å². The first-order chi connectivity index (χ1) is 25.3. The molecule has 1 amide bonds. The van der Waals surface area contributed by atoms with Gasteiger partial charge in [0.15, 0.2) is 0 Å². The predicted octanol–water partition coefficient (Wildman–Crippen LogP) is 8.05. The van der Waals surface area contributed by atoms with Crippen molar-refractivity contribution in [3.05, 3.63) is 120 Å². The van der Waals surface area contributed by atoms with Crippen LogP contribution in [-0.2, 0) is 34.8 Å². The van der Waals surface area contributed by atoms with Gasteiger partial charge >= 0.3 is 29.7 Å². The Kier molecular flexibility index (Phi) is 12.2. The molecule has 1 saturated heterocycles. The van der Waals surface area contributed by atoms with E-state index < -0.39 is 47.1 Å². The zero-order chi connectivity index (χ0) is 38.2. The Bertz CT molecular complexity index is 1870. The van der Waals surface area contributed by atoms with Crippen LogP contribution in [0.25, 0.3) is 11.1 Å². The number of benzene rings is 4. The molecule has 1 atom stereocenters. The number of alkyl halides is 3. The van der Waals surface area contributed by atoms with Crippen LogP contribution in [-0.4, -0.2) is 55.7 Å². The minimum Gasteiger partial charge on any atom is -0.463 e. The highest BCUT2D eigenvalue weighted by Gasteiger charge is 2.50. The van der Waals surface area contributed by atoms with E-state index >= 15 is 0 Å². The van der Waals surface area contributed by atoms with Crippen LogP contribution in [0.5, 0.6) is 0 Å². The van der Waals surface area contributed by atoms with Gasteiger partial charge in [-0.15, -0.1) is 0 Å². The molecular formula is C41H41F3N2O7. The molecule has 1 unspecified atom stereocenters. The Labute approximate surface area is 306 Å². The first-order valence-electron chi connectivity index (χ1n) is 17.4. The summed E-state index contributed by atoms with van der Waals surface area (Å²) in [5.41, 5.74) is 0.408. The molecule has 5 rings (SSSR count). The Morgan fingerprint density at radius 2 is 1.34 bits per heavy atom. The van der Waals surface area contributed by atoms with E-state index in [1.165, 1.54) is 19.1 Å². The van der Waals surface area contributed by atoms with Crippen molar-refractivity contribution in [2.45, 2.75) is 51.3 Å². The molecule has 0 aliphatic carbocycles. The first kappa shape index (κ1) is 38.6. The average molecular weight is 731 g/mol. The third-order valence-electron chi connectivity index (χ3n) is 9.24. The molecule has 0 aromatic heterocycles. The lowest BCUT2D eigenvalue weighted by molar-refractivity contribution is -0.195. The quantitative estimate of drug-likeness (QED) is 0.0886. The maximum Gasteiger partial charge on any atom is 0.416 e. The number of rotatable bonds is 12. The fraction of sp³-hybridized carbons (Fsp3) is 0.317. The number of anilines is 2. The summed E-state index contributed by atoms with van der Waals surface area (Å²) in [6.45, 7) is 5.53. The van der Waals surface area contributed by atoms with Crippen molar-refractivity contribution in [3.8, 4) is 11.1 Å². The van der Waals surface area contributed by atoms with E-state index in [4.69, 9.17) is 14.2 Å². The molecule has 12 heteroatoms. The summed E-state index contributed by atoms with van der Waals surface area (Å²) in [4.78, 5) is 55.1. The molecule has 0 bridgehead atoms. The van der Waals surface area contributed by atoms with Gasteiger partial charge in [0.1, 0.15) is 0 Å². The van der Waals surface area contributed by atoms with Crippen LogP contribution in [0.2, 0.25) is 0 Å². The summed E-state index contributed by atoms with van der Waals surface area (Å²) in [5.74, 6) is -4.07. The normalized spacial score (nSPS) is 14.2. The maximum absolute atomic E-state index is 13.9. The number of esters is 3. The zero-order valence-electron chi connectivity index (χ0n) is 29.7. The summed E-state index contributed by atoms with van der Waals surface area (Å²) in [6.07, 6.45) is -3.26. The summed E-state index contributed by atoms with van der Waals surface area (Å²) < 4.78 is 55.1. The summed E-state index contributed by atoms with van der Waals surface area (Å²) in [6, 6.07) is 27.8. The molecule has 0 spiro atoms. The fourth-order valence-corrected chi connectivity index (χ4v) is 6.45. The highest BCUT2D eigenvalue weighted by atomic mass is 19.4. The van der Waals surface area contributed by atoms with Crippen molar-refractivity contribution < 1.29 is 46.6 Å².